The van der Waals surface area contributed by atoms with Crippen molar-refractivity contribution in [2.45, 2.75) is 0 Å². The third kappa shape index (κ3) is 3.02. The fraction of sp³-hybridized carbons (Fsp3) is 0. The second kappa shape index (κ2) is 7.42. The Kier molecular flexibility index (Phi) is 4.33. The molecular formula is C26H13N3O6. The van der Waals surface area contributed by atoms with Crippen LogP contribution in [-0.2, 0) is 0 Å². The first-order valence-corrected chi connectivity index (χ1v) is 10.5. The molecule has 0 saturated heterocycles. The van der Waals surface area contributed by atoms with Crippen LogP contribution in [0.1, 0.15) is 20.7 Å². The highest BCUT2D eigenvalue weighted by Crippen LogP contribution is 2.37. The van der Waals surface area contributed by atoms with Gasteiger partial charge in [0.15, 0.2) is 0 Å². The van der Waals surface area contributed by atoms with E-state index in [-0.39, 0.29) is 39.2 Å². The van der Waals surface area contributed by atoms with Crippen molar-refractivity contribution in [1.82, 2.24) is 4.98 Å². The molecule has 0 atom stereocenters. The van der Waals surface area contributed by atoms with Crippen molar-refractivity contribution in [1.29, 1.82) is 0 Å². The number of imide groups is 1. The molecule has 1 aliphatic rings. The average molecular weight is 463 g/mol. The summed E-state index contributed by atoms with van der Waals surface area (Å²) in [7, 11) is 0. The molecule has 9 nitrogen and oxygen atoms in total. The highest BCUT2D eigenvalue weighted by molar-refractivity contribution is 6.36. The molecule has 0 unspecified atom stereocenters. The third-order valence-electron chi connectivity index (χ3n) is 5.97. The molecule has 4 aromatic carbocycles. The van der Waals surface area contributed by atoms with Gasteiger partial charge in [-0.05, 0) is 48.5 Å². The van der Waals surface area contributed by atoms with Gasteiger partial charge in [-0.3, -0.25) is 19.7 Å². The van der Waals surface area contributed by atoms with E-state index in [0.717, 1.165) is 4.90 Å². The highest BCUT2D eigenvalue weighted by Gasteiger charge is 2.35. The summed E-state index contributed by atoms with van der Waals surface area (Å²) in [5.41, 5.74) is 0.733. The zero-order chi connectivity index (χ0) is 24.3. The Balaban J connectivity index is 1.49. The lowest BCUT2D eigenvalue weighted by atomic mass is 9.92. The number of nitro benzene ring substituents is 1. The van der Waals surface area contributed by atoms with Gasteiger partial charge in [-0.2, -0.15) is 0 Å². The number of para-hydroxylation sites is 1. The molecule has 0 aliphatic carbocycles. The Morgan fingerprint density at radius 3 is 2.31 bits per heavy atom. The van der Waals surface area contributed by atoms with Crippen LogP contribution >= 0.6 is 0 Å². The van der Waals surface area contributed by atoms with E-state index in [1.54, 1.807) is 48.5 Å². The second-order valence-corrected chi connectivity index (χ2v) is 7.94. The number of rotatable bonds is 3. The summed E-state index contributed by atoms with van der Waals surface area (Å²) in [4.78, 5) is 55.6. The van der Waals surface area contributed by atoms with Crippen LogP contribution in [0.4, 0.5) is 11.4 Å². The lowest BCUT2D eigenvalue weighted by Gasteiger charge is -2.27. The first kappa shape index (κ1) is 20.4. The molecule has 6 rings (SSSR count). The molecule has 5 aromatic rings. The molecule has 1 aliphatic heterocycles. The molecular weight excluding hydrogens is 450 g/mol. The summed E-state index contributed by atoms with van der Waals surface area (Å²) in [6.45, 7) is 0. The first-order chi connectivity index (χ1) is 16.9. The second-order valence-electron chi connectivity index (χ2n) is 7.94. The lowest BCUT2D eigenvalue weighted by Crippen LogP contribution is -2.40. The number of amides is 2. The number of carbonyl (C=O) groups is 2. The molecule has 0 saturated carbocycles. The number of benzene rings is 4. The quantitative estimate of drug-likeness (QED) is 0.215. The number of nitrogens with zero attached hydrogens (tertiary/aromatic N) is 3. The van der Waals surface area contributed by atoms with Gasteiger partial charge in [0.25, 0.3) is 17.5 Å². The Morgan fingerprint density at radius 1 is 0.800 bits per heavy atom. The number of fused-ring (bicyclic) bond motifs is 1. The normalized spacial score (nSPS) is 13.0. The Morgan fingerprint density at radius 2 is 1.51 bits per heavy atom. The summed E-state index contributed by atoms with van der Waals surface area (Å²) in [6, 6.07) is 20.4. The van der Waals surface area contributed by atoms with Gasteiger partial charge in [0.1, 0.15) is 0 Å². The van der Waals surface area contributed by atoms with E-state index < -0.39 is 22.4 Å². The van der Waals surface area contributed by atoms with Crippen LogP contribution in [0.2, 0.25) is 0 Å². The van der Waals surface area contributed by atoms with E-state index in [9.17, 15) is 24.5 Å². The Hall–Kier alpha value is -5.18. The number of nitro groups is 1. The number of anilines is 1. The van der Waals surface area contributed by atoms with Crippen molar-refractivity contribution < 1.29 is 18.9 Å². The van der Waals surface area contributed by atoms with Gasteiger partial charge in [0, 0.05) is 28.1 Å². The molecule has 168 valence electrons. The summed E-state index contributed by atoms with van der Waals surface area (Å²) in [5.74, 6) is -1.18. The van der Waals surface area contributed by atoms with Crippen molar-refractivity contribution in [3.05, 3.63) is 111 Å². The van der Waals surface area contributed by atoms with Crippen molar-refractivity contribution in [2.75, 3.05) is 4.90 Å². The maximum Gasteiger partial charge on any atom is 0.347 e. The van der Waals surface area contributed by atoms with Crippen LogP contribution in [0, 0.1) is 10.1 Å². The molecule has 0 N–H and O–H groups in total. The van der Waals surface area contributed by atoms with Crippen molar-refractivity contribution in [3.63, 3.8) is 0 Å². The molecule has 1 aromatic heterocycles. The van der Waals surface area contributed by atoms with E-state index in [2.05, 4.69) is 4.98 Å². The average Bonchev–Trinajstić information content (AvgIpc) is 2.87. The SMILES string of the molecule is O=C1c2cccc3c([N+](=O)[O-])ccc(c23)C(=O)N1c1cccc(-c2nc3ccccc3c(=O)o2)c1. The molecule has 0 spiro atoms. The smallest absolute Gasteiger partial charge is 0.347 e. The lowest BCUT2D eigenvalue weighted by molar-refractivity contribution is -0.383. The maximum atomic E-state index is 13.4. The van der Waals surface area contributed by atoms with E-state index in [1.165, 1.54) is 30.3 Å². The van der Waals surface area contributed by atoms with Gasteiger partial charge in [-0.25, -0.2) is 14.7 Å². The van der Waals surface area contributed by atoms with E-state index >= 15 is 0 Å². The van der Waals surface area contributed by atoms with Gasteiger partial charge in [-0.1, -0.05) is 24.3 Å². The standard InChI is InChI=1S/C26H13N3O6/c30-24-18-9-4-8-17-21(29(33)34)12-11-19(22(17)18)25(31)28(24)15-6-3-5-14(13-15)23-27-20-10-2-1-7-16(20)26(32)35-23/h1-13H. The number of carbonyl (C=O) groups excluding carboxylic acids is 2. The molecule has 2 heterocycles. The summed E-state index contributed by atoms with van der Waals surface area (Å²) >= 11 is 0. The van der Waals surface area contributed by atoms with Gasteiger partial charge in [-0.15, -0.1) is 0 Å². The number of aromatic nitrogens is 1. The van der Waals surface area contributed by atoms with Crippen LogP contribution in [0.3, 0.4) is 0 Å². The van der Waals surface area contributed by atoms with Crippen LogP contribution in [0.25, 0.3) is 33.1 Å². The Labute approximate surface area is 196 Å². The fourth-order valence-corrected chi connectivity index (χ4v) is 4.39. The van der Waals surface area contributed by atoms with Crippen molar-refractivity contribution >= 4 is 44.9 Å². The fourth-order valence-electron chi connectivity index (χ4n) is 4.39. The Bertz CT molecular complexity index is 1780. The third-order valence-corrected chi connectivity index (χ3v) is 5.97. The van der Waals surface area contributed by atoms with Crippen LogP contribution in [0.15, 0.2) is 88.1 Å². The van der Waals surface area contributed by atoms with Crippen molar-refractivity contribution in [3.8, 4) is 11.5 Å². The van der Waals surface area contributed by atoms with Crippen LogP contribution in [0.5, 0.6) is 0 Å². The van der Waals surface area contributed by atoms with Gasteiger partial charge in [0.05, 0.1) is 26.9 Å². The number of non-ortho nitro benzene ring substituents is 1. The topological polar surface area (TPSA) is 124 Å². The predicted molar refractivity (Wildman–Crippen MR) is 127 cm³/mol. The van der Waals surface area contributed by atoms with Gasteiger partial charge < -0.3 is 4.42 Å². The first-order valence-electron chi connectivity index (χ1n) is 10.5. The van der Waals surface area contributed by atoms with Gasteiger partial charge >= 0.3 is 5.63 Å². The summed E-state index contributed by atoms with van der Waals surface area (Å²) in [6.07, 6.45) is 0. The van der Waals surface area contributed by atoms with Crippen molar-refractivity contribution in [2.24, 2.45) is 0 Å². The van der Waals surface area contributed by atoms with Gasteiger partial charge in [0.2, 0.25) is 5.89 Å². The van der Waals surface area contributed by atoms with Crippen LogP contribution < -0.4 is 10.5 Å². The molecule has 35 heavy (non-hydrogen) atoms. The largest absolute Gasteiger partial charge is 0.403 e. The van der Waals surface area contributed by atoms with E-state index in [1.807, 2.05) is 0 Å². The molecule has 0 fully saturated rings. The number of hydrogen-bond donors (Lipinski definition) is 0. The minimum atomic E-state index is -0.612. The van der Waals surface area contributed by atoms with Crippen LogP contribution in [-0.4, -0.2) is 21.7 Å². The molecule has 9 heteroatoms. The highest BCUT2D eigenvalue weighted by atomic mass is 16.6. The molecule has 0 radical (unpaired) electrons. The monoisotopic (exact) mass is 463 g/mol. The zero-order valence-corrected chi connectivity index (χ0v) is 17.8. The summed E-state index contributed by atoms with van der Waals surface area (Å²) < 4.78 is 5.39. The minimum Gasteiger partial charge on any atom is -0.403 e. The minimum absolute atomic E-state index is 0.0468. The van der Waals surface area contributed by atoms with E-state index in [0.29, 0.717) is 16.5 Å². The molecule has 0 bridgehead atoms. The maximum absolute atomic E-state index is 13.4. The zero-order valence-electron chi connectivity index (χ0n) is 17.8. The van der Waals surface area contributed by atoms with E-state index in [4.69, 9.17) is 4.42 Å². The number of hydrogen-bond acceptors (Lipinski definition) is 7. The predicted octanol–water partition coefficient (Wildman–Crippen LogP) is 4.72. The summed E-state index contributed by atoms with van der Waals surface area (Å²) in [5, 5.41) is 12.3. The molecule has 2 amide bonds.